The summed E-state index contributed by atoms with van der Waals surface area (Å²) in [4.78, 5) is 12.0. The highest BCUT2D eigenvalue weighted by molar-refractivity contribution is 5.89. The Morgan fingerprint density at radius 2 is 1.96 bits per heavy atom. The molecule has 0 saturated carbocycles. The molecule has 23 heavy (non-hydrogen) atoms. The van der Waals surface area contributed by atoms with Crippen LogP contribution in [-0.2, 0) is 0 Å². The van der Waals surface area contributed by atoms with Crippen LogP contribution in [0.15, 0.2) is 34.7 Å². The van der Waals surface area contributed by atoms with E-state index in [2.05, 4.69) is 10.6 Å². The Kier molecular flexibility index (Phi) is 5.26. The van der Waals surface area contributed by atoms with Crippen LogP contribution in [0.1, 0.15) is 38.3 Å². The molecule has 5 nitrogen and oxygen atoms in total. The normalized spacial score (nSPS) is 12.1. The van der Waals surface area contributed by atoms with Crippen molar-refractivity contribution < 1.29 is 18.3 Å². The van der Waals surface area contributed by atoms with Gasteiger partial charge in [0.1, 0.15) is 23.1 Å². The first-order valence-corrected chi connectivity index (χ1v) is 7.45. The van der Waals surface area contributed by atoms with Crippen LogP contribution in [0.4, 0.5) is 14.9 Å². The zero-order valence-corrected chi connectivity index (χ0v) is 13.6. The molecule has 1 heterocycles. The largest absolute Gasteiger partial charge is 0.491 e. The van der Waals surface area contributed by atoms with Gasteiger partial charge in [0.2, 0.25) is 0 Å². The number of halogens is 1. The third kappa shape index (κ3) is 4.74. The van der Waals surface area contributed by atoms with E-state index in [-0.39, 0.29) is 17.8 Å². The molecule has 1 aromatic heterocycles. The molecule has 6 heteroatoms. The summed E-state index contributed by atoms with van der Waals surface area (Å²) in [5.74, 6) is 1.27. The molecular weight excluding hydrogens is 299 g/mol. The van der Waals surface area contributed by atoms with Crippen LogP contribution in [0.25, 0.3) is 0 Å². The maximum absolute atomic E-state index is 14.0. The van der Waals surface area contributed by atoms with Crippen molar-refractivity contribution in [2.45, 2.75) is 39.8 Å². The lowest BCUT2D eigenvalue weighted by atomic mass is 10.2. The van der Waals surface area contributed by atoms with Gasteiger partial charge in [0.15, 0.2) is 0 Å². The molecule has 0 bridgehead atoms. The van der Waals surface area contributed by atoms with Crippen molar-refractivity contribution in [3.8, 4) is 5.75 Å². The Bertz CT molecular complexity index is 682. The van der Waals surface area contributed by atoms with Crippen LogP contribution in [0.2, 0.25) is 0 Å². The number of carbonyl (C=O) groups excluding carboxylic acids is 1. The van der Waals surface area contributed by atoms with Gasteiger partial charge >= 0.3 is 6.03 Å². The molecule has 0 spiro atoms. The van der Waals surface area contributed by atoms with Gasteiger partial charge in [0, 0.05) is 6.07 Å². The lowest BCUT2D eigenvalue weighted by Gasteiger charge is -2.14. The lowest BCUT2D eigenvalue weighted by Crippen LogP contribution is -2.31. The van der Waals surface area contributed by atoms with Gasteiger partial charge in [-0.15, -0.1) is 0 Å². The van der Waals surface area contributed by atoms with E-state index >= 15 is 0 Å². The smallest absolute Gasteiger partial charge is 0.319 e. The van der Waals surface area contributed by atoms with Crippen molar-refractivity contribution in [3.05, 3.63) is 47.7 Å². The number of furan rings is 1. The number of carbonyl (C=O) groups is 1. The number of rotatable bonds is 5. The highest BCUT2D eigenvalue weighted by atomic mass is 19.1. The van der Waals surface area contributed by atoms with Crippen molar-refractivity contribution in [1.82, 2.24) is 5.32 Å². The second-order valence-corrected chi connectivity index (χ2v) is 5.58. The van der Waals surface area contributed by atoms with Crippen molar-refractivity contribution in [2.75, 3.05) is 5.32 Å². The Hall–Kier alpha value is -2.50. The summed E-state index contributed by atoms with van der Waals surface area (Å²) < 4.78 is 24.8. The molecule has 2 aromatic rings. The highest BCUT2D eigenvalue weighted by Gasteiger charge is 2.14. The first-order valence-electron chi connectivity index (χ1n) is 7.45. The number of aryl methyl sites for hydroxylation is 1. The average Bonchev–Trinajstić information content (AvgIpc) is 2.88. The molecule has 2 rings (SSSR count). The van der Waals surface area contributed by atoms with Gasteiger partial charge in [-0.2, -0.15) is 0 Å². The van der Waals surface area contributed by atoms with E-state index in [1.807, 2.05) is 26.8 Å². The van der Waals surface area contributed by atoms with Gasteiger partial charge in [-0.3, -0.25) is 0 Å². The molecule has 1 aromatic carbocycles. The third-order valence-electron chi connectivity index (χ3n) is 3.10. The minimum Gasteiger partial charge on any atom is -0.491 e. The van der Waals surface area contributed by atoms with Gasteiger partial charge < -0.3 is 19.8 Å². The molecule has 0 fully saturated rings. The van der Waals surface area contributed by atoms with E-state index < -0.39 is 11.8 Å². The third-order valence-corrected chi connectivity index (χ3v) is 3.10. The fraction of sp³-hybridized carbons (Fsp3) is 0.353. The van der Waals surface area contributed by atoms with Gasteiger partial charge in [-0.25, -0.2) is 9.18 Å². The zero-order valence-electron chi connectivity index (χ0n) is 13.6. The molecular formula is C17H21FN2O3. The minimum absolute atomic E-state index is 0.0471. The molecule has 2 amide bonds. The van der Waals surface area contributed by atoms with Crippen molar-refractivity contribution in [2.24, 2.45) is 0 Å². The number of benzene rings is 1. The number of hydrogen-bond acceptors (Lipinski definition) is 3. The second kappa shape index (κ2) is 7.17. The summed E-state index contributed by atoms with van der Waals surface area (Å²) in [5, 5.41) is 5.17. The summed E-state index contributed by atoms with van der Waals surface area (Å²) >= 11 is 0. The summed E-state index contributed by atoms with van der Waals surface area (Å²) in [6.07, 6.45) is -0.0471. The quantitative estimate of drug-likeness (QED) is 0.858. The van der Waals surface area contributed by atoms with Crippen LogP contribution in [0, 0.1) is 12.7 Å². The first-order chi connectivity index (χ1) is 10.8. The van der Waals surface area contributed by atoms with Crippen molar-refractivity contribution in [3.63, 3.8) is 0 Å². The number of hydrogen-bond donors (Lipinski definition) is 2. The molecule has 0 radical (unpaired) electrons. The van der Waals surface area contributed by atoms with E-state index in [0.717, 1.165) is 5.76 Å². The average molecular weight is 320 g/mol. The van der Waals surface area contributed by atoms with Crippen LogP contribution in [0.5, 0.6) is 5.75 Å². The molecule has 124 valence electrons. The molecule has 1 unspecified atom stereocenters. The minimum atomic E-state index is -0.556. The van der Waals surface area contributed by atoms with Crippen LogP contribution >= 0.6 is 0 Å². The number of ether oxygens (including phenoxy) is 1. The van der Waals surface area contributed by atoms with E-state index in [9.17, 15) is 9.18 Å². The van der Waals surface area contributed by atoms with Crippen LogP contribution < -0.4 is 15.4 Å². The van der Waals surface area contributed by atoms with Gasteiger partial charge in [0.05, 0.1) is 17.8 Å². The summed E-state index contributed by atoms with van der Waals surface area (Å²) in [6.45, 7) is 7.32. The van der Waals surface area contributed by atoms with Gasteiger partial charge in [-0.05, 0) is 52.0 Å². The summed E-state index contributed by atoms with van der Waals surface area (Å²) in [7, 11) is 0. The van der Waals surface area contributed by atoms with Gasteiger partial charge in [-0.1, -0.05) is 0 Å². The number of urea groups is 1. The second-order valence-electron chi connectivity index (χ2n) is 5.58. The summed E-state index contributed by atoms with van der Waals surface area (Å²) in [6, 6.07) is 7.09. The monoisotopic (exact) mass is 320 g/mol. The summed E-state index contributed by atoms with van der Waals surface area (Å²) in [5.41, 5.74) is 0.0847. The standard InChI is InChI=1S/C17H21FN2O3/c1-10(2)22-13-6-7-15(14(18)9-13)20-17(21)19-12(4)16-8-5-11(3)23-16/h5-10,12H,1-4H3,(H2,19,20,21). The maximum atomic E-state index is 14.0. The number of amides is 2. The van der Waals surface area contributed by atoms with Crippen molar-refractivity contribution >= 4 is 11.7 Å². The van der Waals surface area contributed by atoms with E-state index in [1.54, 1.807) is 19.1 Å². The topological polar surface area (TPSA) is 63.5 Å². The predicted molar refractivity (Wildman–Crippen MR) is 86.2 cm³/mol. The SMILES string of the molecule is Cc1ccc(C(C)NC(=O)Nc2ccc(OC(C)C)cc2F)o1. The first kappa shape index (κ1) is 16.9. The van der Waals surface area contributed by atoms with Gasteiger partial charge in [0.25, 0.3) is 0 Å². The Labute approximate surface area is 134 Å². The molecule has 0 aliphatic rings. The highest BCUT2D eigenvalue weighted by Crippen LogP contribution is 2.22. The maximum Gasteiger partial charge on any atom is 0.319 e. The molecule has 2 N–H and O–H groups in total. The van der Waals surface area contributed by atoms with Crippen LogP contribution in [-0.4, -0.2) is 12.1 Å². The number of anilines is 1. The van der Waals surface area contributed by atoms with Crippen LogP contribution in [0.3, 0.4) is 0 Å². The number of nitrogens with one attached hydrogen (secondary N) is 2. The molecule has 0 saturated heterocycles. The molecule has 1 atom stereocenters. The fourth-order valence-electron chi connectivity index (χ4n) is 2.05. The van der Waals surface area contributed by atoms with E-state index in [0.29, 0.717) is 11.5 Å². The van der Waals surface area contributed by atoms with Crippen molar-refractivity contribution in [1.29, 1.82) is 0 Å². The Morgan fingerprint density at radius 3 is 2.52 bits per heavy atom. The fourth-order valence-corrected chi connectivity index (χ4v) is 2.05. The Balaban J connectivity index is 1.97. The molecule has 0 aliphatic carbocycles. The van der Waals surface area contributed by atoms with E-state index in [4.69, 9.17) is 9.15 Å². The Morgan fingerprint density at radius 1 is 1.22 bits per heavy atom. The predicted octanol–water partition coefficient (Wildman–Crippen LogP) is 4.40. The zero-order chi connectivity index (χ0) is 17.0. The lowest BCUT2D eigenvalue weighted by molar-refractivity contribution is 0.241. The van der Waals surface area contributed by atoms with E-state index in [1.165, 1.54) is 12.1 Å². The molecule has 0 aliphatic heterocycles.